The maximum Gasteiger partial charge on any atom is 0.417 e. The number of ether oxygens (including phenoxy) is 3. The molecule has 1 heterocycles. The molecule has 0 saturated carbocycles. The molecule has 1 N–H and O–H groups in total. The summed E-state index contributed by atoms with van der Waals surface area (Å²) in [4.78, 5) is 27.2. The topological polar surface area (TPSA) is 77.1 Å². The molecule has 1 fully saturated rings. The first-order chi connectivity index (χ1) is 11.8. The average molecular weight is 350 g/mol. The second-order valence-corrected chi connectivity index (χ2v) is 6.84. The Morgan fingerprint density at radius 1 is 1.16 bits per heavy atom. The van der Waals surface area contributed by atoms with Crippen LogP contribution in [0.2, 0.25) is 0 Å². The summed E-state index contributed by atoms with van der Waals surface area (Å²) in [5, 5.41) is 3.17. The molecule has 1 atom stereocenters. The van der Waals surface area contributed by atoms with Gasteiger partial charge in [-0.3, -0.25) is 4.79 Å². The lowest BCUT2D eigenvalue weighted by Gasteiger charge is -2.30. The van der Waals surface area contributed by atoms with E-state index in [0.717, 1.165) is 6.54 Å². The van der Waals surface area contributed by atoms with Crippen molar-refractivity contribution in [3.63, 3.8) is 0 Å². The summed E-state index contributed by atoms with van der Waals surface area (Å²) < 4.78 is 16.1. The first-order valence-corrected chi connectivity index (χ1v) is 8.26. The van der Waals surface area contributed by atoms with Crippen molar-refractivity contribution >= 4 is 12.0 Å². The molecule has 7 nitrogen and oxygen atoms in total. The summed E-state index contributed by atoms with van der Waals surface area (Å²) in [6, 6.07) is 4.77. The fourth-order valence-electron chi connectivity index (χ4n) is 2.75. The Kier molecular flexibility index (Phi) is 5.89. The molecule has 138 valence electrons. The van der Waals surface area contributed by atoms with E-state index in [1.165, 1.54) is 19.1 Å². The van der Waals surface area contributed by atoms with E-state index < -0.39 is 17.6 Å². The number of nitrogens with zero attached hydrogens (tertiary/aromatic N) is 1. The summed E-state index contributed by atoms with van der Waals surface area (Å²) in [6.45, 7) is 6.57. The number of nitrogens with one attached hydrogen (secondary N) is 1. The van der Waals surface area contributed by atoms with Crippen LogP contribution in [0.1, 0.15) is 37.6 Å². The predicted octanol–water partition coefficient (Wildman–Crippen LogP) is 2.44. The highest BCUT2D eigenvalue weighted by Crippen LogP contribution is 2.31. The molecule has 1 saturated heterocycles. The summed E-state index contributed by atoms with van der Waals surface area (Å²) >= 11 is 0. The van der Waals surface area contributed by atoms with Crippen molar-refractivity contribution in [2.45, 2.75) is 38.8 Å². The summed E-state index contributed by atoms with van der Waals surface area (Å²) in [5.74, 6) is 0.213. The Labute approximate surface area is 148 Å². The Bertz CT molecular complexity index is 611. The Morgan fingerprint density at radius 2 is 1.76 bits per heavy atom. The first-order valence-electron chi connectivity index (χ1n) is 8.26. The zero-order valence-electron chi connectivity index (χ0n) is 15.4. The van der Waals surface area contributed by atoms with Crippen LogP contribution in [-0.2, 0) is 4.74 Å². The molecule has 1 aromatic rings. The van der Waals surface area contributed by atoms with E-state index in [1.54, 1.807) is 39.0 Å². The molecule has 0 bridgehead atoms. The van der Waals surface area contributed by atoms with Crippen LogP contribution in [0.4, 0.5) is 4.79 Å². The Hall–Kier alpha value is -2.28. The number of imide groups is 1. The third-order valence-electron chi connectivity index (χ3n) is 3.85. The smallest absolute Gasteiger partial charge is 0.417 e. The minimum Gasteiger partial charge on any atom is -0.496 e. The van der Waals surface area contributed by atoms with Crippen molar-refractivity contribution in [1.82, 2.24) is 10.2 Å². The maximum atomic E-state index is 13.3. The number of rotatable bonds is 4. The van der Waals surface area contributed by atoms with Gasteiger partial charge in [0.1, 0.15) is 22.7 Å². The van der Waals surface area contributed by atoms with E-state index in [2.05, 4.69) is 5.32 Å². The van der Waals surface area contributed by atoms with Gasteiger partial charge < -0.3 is 19.5 Å². The van der Waals surface area contributed by atoms with E-state index in [9.17, 15) is 9.59 Å². The van der Waals surface area contributed by atoms with Crippen LogP contribution in [0.25, 0.3) is 0 Å². The molecule has 2 rings (SSSR count). The second-order valence-electron chi connectivity index (χ2n) is 6.84. The SMILES string of the molecule is COc1cccc(OC)c1C(=O)N(C(=O)OC(C)(C)C)C1CCNC1. The fourth-order valence-corrected chi connectivity index (χ4v) is 2.75. The van der Waals surface area contributed by atoms with Crippen LogP contribution in [0.5, 0.6) is 11.5 Å². The van der Waals surface area contributed by atoms with Gasteiger partial charge in [0, 0.05) is 6.54 Å². The molecule has 1 unspecified atom stereocenters. The average Bonchev–Trinajstić information content (AvgIpc) is 3.06. The molecule has 25 heavy (non-hydrogen) atoms. The minimum atomic E-state index is -0.702. The number of carbonyl (C=O) groups excluding carboxylic acids is 2. The van der Waals surface area contributed by atoms with Crippen molar-refractivity contribution in [3.8, 4) is 11.5 Å². The van der Waals surface area contributed by atoms with Crippen LogP contribution in [0.3, 0.4) is 0 Å². The van der Waals surface area contributed by atoms with Crippen molar-refractivity contribution in [1.29, 1.82) is 0 Å². The van der Waals surface area contributed by atoms with Gasteiger partial charge in [-0.1, -0.05) is 6.07 Å². The van der Waals surface area contributed by atoms with E-state index >= 15 is 0 Å². The molecule has 1 aliphatic rings. The van der Waals surface area contributed by atoms with Crippen LogP contribution < -0.4 is 14.8 Å². The summed E-state index contributed by atoms with van der Waals surface area (Å²) in [6.07, 6.45) is 0.00165. The van der Waals surface area contributed by atoms with E-state index in [0.29, 0.717) is 24.5 Å². The third kappa shape index (κ3) is 4.42. The van der Waals surface area contributed by atoms with Crippen LogP contribution >= 0.6 is 0 Å². The highest BCUT2D eigenvalue weighted by molar-refractivity contribution is 6.07. The van der Waals surface area contributed by atoms with Gasteiger partial charge in [-0.2, -0.15) is 0 Å². The highest BCUT2D eigenvalue weighted by Gasteiger charge is 2.37. The van der Waals surface area contributed by atoms with E-state index in [4.69, 9.17) is 14.2 Å². The number of hydrogen-bond donors (Lipinski definition) is 1. The van der Waals surface area contributed by atoms with Crippen LogP contribution in [0, 0.1) is 0 Å². The third-order valence-corrected chi connectivity index (χ3v) is 3.85. The molecule has 0 aromatic heterocycles. The van der Waals surface area contributed by atoms with Gasteiger partial charge in [0.05, 0.1) is 20.3 Å². The number of benzene rings is 1. The molecule has 2 amide bonds. The number of hydrogen-bond acceptors (Lipinski definition) is 6. The lowest BCUT2D eigenvalue weighted by Crippen LogP contribution is -2.48. The van der Waals surface area contributed by atoms with Crippen molar-refractivity contribution in [2.24, 2.45) is 0 Å². The van der Waals surface area contributed by atoms with Gasteiger partial charge in [0.15, 0.2) is 0 Å². The first kappa shape index (κ1) is 19.1. The predicted molar refractivity (Wildman–Crippen MR) is 93.2 cm³/mol. The molecule has 1 aliphatic heterocycles. The zero-order chi connectivity index (χ0) is 18.6. The largest absolute Gasteiger partial charge is 0.496 e. The van der Waals surface area contributed by atoms with Gasteiger partial charge in [-0.05, 0) is 45.9 Å². The standard InChI is InChI=1S/C18H26N2O5/c1-18(2,3)25-17(22)20(12-9-10-19-11-12)16(21)15-13(23-4)7-6-8-14(15)24-5/h6-8,12,19H,9-11H2,1-5H3. The molecule has 0 radical (unpaired) electrons. The lowest BCUT2D eigenvalue weighted by atomic mass is 10.1. The fraction of sp³-hybridized carbons (Fsp3) is 0.556. The van der Waals surface area contributed by atoms with Crippen LogP contribution in [0.15, 0.2) is 18.2 Å². The second kappa shape index (κ2) is 7.74. The molecule has 0 spiro atoms. The Morgan fingerprint density at radius 3 is 2.20 bits per heavy atom. The number of amides is 2. The van der Waals surface area contributed by atoms with E-state index in [1.807, 2.05) is 0 Å². The molecule has 0 aliphatic carbocycles. The van der Waals surface area contributed by atoms with Gasteiger partial charge in [0.25, 0.3) is 5.91 Å². The van der Waals surface area contributed by atoms with Crippen molar-refractivity contribution in [2.75, 3.05) is 27.3 Å². The number of carbonyl (C=O) groups is 2. The van der Waals surface area contributed by atoms with Gasteiger partial charge in [-0.15, -0.1) is 0 Å². The zero-order valence-corrected chi connectivity index (χ0v) is 15.4. The molecule has 7 heteroatoms. The summed E-state index contributed by atoms with van der Waals surface area (Å²) in [5.41, 5.74) is -0.489. The van der Waals surface area contributed by atoms with Crippen LogP contribution in [-0.4, -0.2) is 55.9 Å². The molecular weight excluding hydrogens is 324 g/mol. The van der Waals surface area contributed by atoms with Crippen molar-refractivity contribution in [3.05, 3.63) is 23.8 Å². The van der Waals surface area contributed by atoms with Gasteiger partial charge in [0.2, 0.25) is 0 Å². The maximum absolute atomic E-state index is 13.3. The van der Waals surface area contributed by atoms with Gasteiger partial charge in [-0.25, -0.2) is 9.69 Å². The highest BCUT2D eigenvalue weighted by atomic mass is 16.6. The van der Waals surface area contributed by atoms with Crippen molar-refractivity contribution < 1.29 is 23.8 Å². The molecular formula is C18H26N2O5. The van der Waals surface area contributed by atoms with Gasteiger partial charge >= 0.3 is 6.09 Å². The Balaban J connectivity index is 2.44. The van der Waals surface area contributed by atoms with E-state index in [-0.39, 0.29) is 11.6 Å². The number of methoxy groups -OCH3 is 2. The normalized spacial score (nSPS) is 17.1. The summed E-state index contributed by atoms with van der Waals surface area (Å²) in [7, 11) is 2.95. The lowest BCUT2D eigenvalue weighted by molar-refractivity contribution is 0.0177. The minimum absolute atomic E-state index is 0.213. The quantitative estimate of drug-likeness (QED) is 0.899. The monoisotopic (exact) mass is 350 g/mol. The molecule has 1 aromatic carbocycles.